The molecule has 4 nitrogen and oxygen atoms in total. The third-order valence-corrected chi connectivity index (χ3v) is 4.17. The first-order chi connectivity index (χ1) is 11.0. The highest BCUT2D eigenvalue weighted by molar-refractivity contribution is 6.35. The second kappa shape index (κ2) is 6.69. The van der Waals surface area contributed by atoms with Crippen LogP contribution in [0.4, 0.5) is 0 Å². The Kier molecular flexibility index (Phi) is 4.64. The molecule has 1 amide bonds. The standard InChI is InChI=1S/C17H15Cl2NO3/c1-20(9-11-6-7-12(18)8-13(11)19)17(21)16-10-22-14-4-2-3-5-15(14)23-16/h2-8,16H,9-10H2,1H3/t16-/m1/s1. The Morgan fingerprint density at radius 2 is 1.96 bits per heavy atom. The Hall–Kier alpha value is -1.91. The average molecular weight is 352 g/mol. The number of carbonyl (C=O) groups excluding carboxylic acids is 1. The fraction of sp³-hybridized carbons (Fsp3) is 0.235. The summed E-state index contributed by atoms with van der Waals surface area (Å²) in [4.78, 5) is 14.1. The summed E-state index contributed by atoms with van der Waals surface area (Å²) in [5, 5.41) is 1.09. The van der Waals surface area contributed by atoms with E-state index in [0.717, 1.165) is 5.56 Å². The first-order valence-corrected chi connectivity index (χ1v) is 7.87. The highest BCUT2D eigenvalue weighted by Crippen LogP contribution is 2.31. The molecule has 0 unspecified atom stereocenters. The van der Waals surface area contributed by atoms with Gasteiger partial charge in [-0.15, -0.1) is 0 Å². The van der Waals surface area contributed by atoms with Crippen molar-refractivity contribution in [3.8, 4) is 11.5 Å². The van der Waals surface area contributed by atoms with Crippen molar-refractivity contribution < 1.29 is 14.3 Å². The van der Waals surface area contributed by atoms with Gasteiger partial charge in [0.25, 0.3) is 5.91 Å². The third kappa shape index (κ3) is 3.54. The molecular formula is C17H15Cl2NO3. The summed E-state index contributed by atoms with van der Waals surface area (Å²) in [7, 11) is 1.71. The number of ether oxygens (including phenoxy) is 2. The fourth-order valence-corrected chi connectivity index (χ4v) is 2.84. The number of nitrogens with zero attached hydrogens (tertiary/aromatic N) is 1. The number of para-hydroxylation sites is 2. The molecule has 0 aromatic heterocycles. The lowest BCUT2D eigenvalue weighted by molar-refractivity contribution is -0.140. The van der Waals surface area contributed by atoms with E-state index >= 15 is 0 Å². The van der Waals surface area contributed by atoms with Crippen molar-refractivity contribution in [1.29, 1.82) is 0 Å². The lowest BCUT2D eigenvalue weighted by atomic mass is 10.2. The van der Waals surface area contributed by atoms with Crippen molar-refractivity contribution >= 4 is 29.1 Å². The molecule has 0 radical (unpaired) electrons. The summed E-state index contributed by atoms with van der Waals surface area (Å²) in [5.74, 6) is 1.07. The van der Waals surface area contributed by atoms with E-state index in [-0.39, 0.29) is 12.5 Å². The maximum atomic E-state index is 12.5. The largest absolute Gasteiger partial charge is 0.485 e. The summed E-state index contributed by atoms with van der Waals surface area (Å²) in [5.41, 5.74) is 0.823. The molecule has 0 fully saturated rings. The number of fused-ring (bicyclic) bond motifs is 1. The first-order valence-electron chi connectivity index (χ1n) is 7.12. The van der Waals surface area contributed by atoms with E-state index in [2.05, 4.69) is 0 Å². The van der Waals surface area contributed by atoms with Gasteiger partial charge >= 0.3 is 0 Å². The molecule has 1 atom stereocenters. The zero-order valence-electron chi connectivity index (χ0n) is 12.5. The van der Waals surface area contributed by atoms with Gasteiger partial charge in [-0.05, 0) is 29.8 Å². The van der Waals surface area contributed by atoms with Gasteiger partial charge in [-0.3, -0.25) is 4.79 Å². The smallest absolute Gasteiger partial charge is 0.267 e. The van der Waals surface area contributed by atoms with Gasteiger partial charge in [0, 0.05) is 23.6 Å². The van der Waals surface area contributed by atoms with Crippen LogP contribution in [0.25, 0.3) is 0 Å². The minimum atomic E-state index is -0.666. The number of carbonyl (C=O) groups is 1. The zero-order chi connectivity index (χ0) is 16.4. The highest BCUT2D eigenvalue weighted by Gasteiger charge is 2.29. The quantitative estimate of drug-likeness (QED) is 0.844. The van der Waals surface area contributed by atoms with Crippen molar-refractivity contribution in [1.82, 2.24) is 4.90 Å². The van der Waals surface area contributed by atoms with Crippen LogP contribution in [0.1, 0.15) is 5.56 Å². The molecule has 1 heterocycles. The lowest BCUT2D eigenvalue weighted by Gasteiger charge is -2.29. The van der Waals surface area contributed by atoms with Gasteiger partial charge in [-0.2, -0.15) is 0 Å². The van der Waals surface area contributed by atoms with Gasteiger partial charge < -0.3 is 14.4 Å². The van der Waals surface area contributed by atoms with Crippen molar-refractivity contribution in [2.75, 3.05) is 13.7 Å². The van der Waals surface area contributed by atoms with Gasteiger partial charge in [-0.1, -0.05) is 41.4 Å². The van der Waals surface area contributed by atoms with Crippen LogP contribution in [0.15, 0.2) is 42.5 Å². The van der Waals surface area contributed by atoms with Crippen molar-refractivity contribution in [2.45, 2.75) is 12.6 Å². The van der Waals surface area contributed by atoms with Crippen LogP contribution in [-0.4, -0.2) is 30.6 Å². The van der Waals surface area contributed by atoms with Gasteiger partial charge in [0.15, 0.2) is 11.5 Å². The first kappa shape index (κ1) is 16.0. The number of likely N-dealkylation sites (N-methyl/N-ethyl adjacent to an activating group) is 1. The number of rotatable bonds is 3. The monoisotopic (exact) mass is 351 g/mol. The van der Waals surface area contributed by atoms with E-state index in [1.165, 1.54) is 0 Å². The topological polar surface area (TPSA) is 38.8 Å². The van der Waals surface area contributed by atoms with E-state index in [9.17, 15) is 4.79 Å². The van der Waals surface area contributed by atoms with Crippen LogP contribution in [0, 0.1) is 0 Å². The van der Waals surface area contributed by atoms with E-state index < -0.39 is 6.10 Å². The molecule has 23 heavy (non-hydrogen) atoms. The van der Waals surface area contributed by atoms with Crippen molar-refractivity contribution in [3.63, 3.8) is 0 Å². The predicted molar refractivity (Wildman–Crippen MR) is 89.3 cm³/mol. The van der Waals surface area contributed by atoms with E-state index in [4.69, 9.17) is 32.7 Å². The second-order valence-corrected chi connectivity index (χ2v) is 6.14. The number of benzene rings is 2. The summed E-state index contributed by atoms with van der Waals surface area (Å²) in [6.45, 7) is 0.560. The average Bonchev–Trinajstić information content (AvgIpc) is 2.56. The minimum Gasteiger partial charge on any atom is -0.485 e. The number of halogens is 2. The van der Waals surface area contributed by atoms with Gasteiger partial charge in [0.2, 0.25) is 6.10 Å². The Bertz CT molecular complexity index is 736. The molecular weight excluding hydrogens is 337 g/mol. The van der Waals surface area contributed by atoms with Crippen LogP contribution in [0.5, 0.6) is 11.5 Å². The number of amides is 1. The maximum Gasteiger partial charge on any atom is 0.267 e. The molecule has 0 bridgehead atoms. The molecule has 0 saturated carbocycles. The maximum absolute atomic E-state index is 12.5. The molecule has 0 spiro atoms. The summed E-state index contributed by atoms with van der Waals surface area (Å²) >= 11 is 12.0. The minimum absolute atomic E-state index is 0.162. The van der Waals surface area contributed by atoms with Gasteiger partial charge in [0.05, 0.1) is 0 Å². The zero-order valence-corrected chi connectivity index (χ0v) is 14.0. The molecule has 0 aliphatic carbocycles. The molecule has 0 saturated heterocycles. The fourth-order valence-electron chi connectivity index (χ4n) is 2.37. The molecule has 120 valence electrons. The Labute approximate surface area is 144 Å². The molecule has 0 N–H and O–H groups in total. The van der Waals surface area contributed by atoms with Crippen molar-refractivity contribution in [3.05, 3.63) is 58.1 Å². The second-order valence-electron chi connectivity index (χ2n) is 5.29. The molecule has 2 aromatic carbocycles. The summed E-state index contributed by atoms with van der Waals surface area (Å²) in [6.07, 6.45) is -0.666. The Morgan fingerprint density at radius 3 is 2.70 bits per heavy atom. The number of hydrogen-bond acceptors (Lipinski definition) is 3. The lowest BCUT2D eigenvalue weighted by Crippen LogP contribution is -2.44. The van der Waals surface area contributed by atoms with E-state index in [1.807, 2.05) is 24.3 Å². The molecule has 3 rings (SSSR count). The Balaban J connectivity index is 1.68. The summed E-state index contributed by atoms with van der Waals surface area (Å²) < 4.78 is 11.3. The van der Waals surface area contributed by atoms with Crippen LogP contribution < -0.4 is 9.47 Å². The highest BCUT2D eigenvalue weighted by atomic mass is 35.5. The Morgan fingerprint density at radius 1 is 1.22 bits per heavy atom. The normalized spacial score (nSPS) is 16.0. The number of hydrogen-bond donors (Lipinski definition) is 0. The van der Waals surface area contributed by atoms with Crippen LogP contribution >= 0.6 is 23.2 Å². The van der Waals surface area contributed by atoms with Gasteiger partial charge in [0.1, 0.15) is 6.61 Å². The van der Waals surface area contributed by atoms with E-state index in [1.54, 1.807) is 30.1 Å². The van der Waals surface area contributed by atoms with Crippen LogP contribution in [0.2, 0.25) is 10.0 Å². The van der Waals surface area contributed by atoms with E-state index in [0.29, 0.717) is 28.1 Å². The van der Waals surface area contributed by atoms with Crippen molar-refractivity contribution in [2.24, 2.45) is 0 Å². The van der Waals surface area contributed by atoms with Gasteiger partial charge in [-0.25, -0.2) is 0 Å². The third-order valence-electron chi connectivity index (χ3n) is 3.58. The molecule has 1 aliphatic rings. The van der Waals surface area contributed by atoms with Crippen LogP contribution in [0.3, 0.4) is 0 Å². The molecule has 1 aliphatic heterocycles. The SMILES string of the molecule is CN(Cc1ccc(Cl)cc1Cl)C(=O)[C@H]1COc2ccccc2O1. The summed E-state index contributed by atoms with van der Waals surface area (Å²) in [6, 6.07) is 12.5. The molecule has 2 aromatic rings. The predicted octanol–water partition coefficient (Wildman–Crippen LogP) is 3.79. The molecule has 6 heteroatoms. The van der Waals surface area contributed by atoms with Crippen LogP contribution in [-0.2, 0) is 11.3 Å².